The van der Waals surface area contributed by atoms with Gasteiger partial charge < -0.3 is 21.3 Å². The van der Waals surface area contributed by atoms with Crippen molar-refractivity contribution in [2.75, 3.05) is 0 Å². The average molecular weight is 521 g/mol. The van der Waals surface area contributed by atoms with Crippen LogP contribution in [0.3, 0.4) is 0 Å². The van der Waals surface area contributed by atoms with Crippen LogP contribution < -0.4 is 21.3 Å². The molecule has 1 fully saturated rings. The summed E-state index contributed by atoms with van der Waals surface area (Å²) in [5.74, 6) is -2.25. The molecule has 0 bridgehead atoms. The van der Waals surface area contributed by atoms with Crippen LogP contribution in [-0.4, -0.2) is 53.9 Å². The lowest BCUT2D eigenvalue weighted by molar-refractivity contribution is -0.131. The van der Waals surface area contributed by atoms with Crippen molar-refractivity contribution in [2.45, 2.75) is 113 Å². The molecule has 0 unspecified atom stereocenters. The van der Waals surface area contributed by atoms with Crippen LogP contribution in [-0.2, 0) is 19.2 Å². The van der Waals surface area contributed by atoms with Crippen molar-refractivity contribution < 1.29 is 19.2 Å². The Morgan fingerprint density at radius 2 is 0.636 bits per heavy atom. The van der Waals surface area contributed by atoms with Crippen molar-refractivity contribution in [3.63, 3.8) is 0 Å². The van der Waals surface area contributed by atoms with Crippen LogP contribution in [0, 0.1) is 0 Å². The average Bonchev–Trinajstić information content (AvgIpc) is 2.91. The van der Waals surface area contributed by atoms with Crippen molar-refractivity contribution >= 4 is 57.0 Å². The fourth-order valence-electron chi connectivity index (χ4n) is 2.59. The third-order valence-electron chi connectivity index (χ3n) is 3.71. The number of carbonyl (C=O) groups is 4. The van der Waals surface area contributed by atoms with E-state index in [1.54, 1.807) is 0 Å². The van der Waals surface area contributed by atoms with Crippen LogP contribution in [0.1, 0.15) is 83.1 Å². The maximum Gasteiger partial charge on any atom is 0.257 e. The number of nitrogens with one attached hydrogen (secondary N) is 4. The summed E-state index contributed by atoms with van der Waals surface area (Å²) in [6, 6.07) is 0. The molecule has 4 amide bonds. The van der Waals surface area contributed by atoms with Gasteiger partial charge in [-0.1, -0.05) is 33.3 Å². The number of rotatable bonds is 4. The predicted octanol–water partition coefficient (Wildman–Crippen LogP) is 3.17. The lowest BCUT2D eigenvalue weighted by atomic mass is 10.1. The standard InChI is InChI=1S/C22H40N4O4S3/c1-17(2,3)23-13(27)21(14(28)24-18(4,5)6)31-22(33-32-21,15(29)25-19(7,8)9)16(30)26-20(10,11)12/h1-12H3,(H,23,27)(H,24,28)(H,25,29)(H,26,30). The van der Waals surface area contributed by atoms with E-state index in [2.05, 4.69) is 21.3 Å². The fourth-order valence-corrected chi connectivity index (χ4v) is 8.33. The molecule has 0 atom stereocenters. The van der Waals surface area contributed by atoms with Crippen molar-refractivity contribution in [1.82, 2.24) is 21.3 Å². The first-order chi connectivity index (χ1) is 14.4. The third kappa shape index (κ3) is 8.28. The zero-order valence-electron chi connectivity index (χ0n) is 21.9. The minimum absolute atomic E-state index is 0.562. The Bertz CT molecular complexity index is 680. The number of hydrogen-bond acceptors (Lipinski definition) is 7. The molecule has 1 saturated heterocycles. The van der Waals surface area contributed by atoms with E-state index in [0.29, 0.717) is 0 Å². The quantitative estimate of drug-likeness (QED) is 0.332. The second kappa shape index (κ2) is 9.53. The monoisotopic (exact) mass is 520 g/mol. The lowest BCUT2D eigenvalue weighted by Crippen LogP contribution is -2.62. The Balaban J connectivity index is 3.61. The summed E-state index contributed by atoms with van der Waals surface area (Å²) in [5.41, 5.74) is -2.48. The van der Waals surface area contributed by atoms with Gasteiger partial charge in [-0.2, -0.15) is 0 Å². The first kappa shape index (κ1) is 30.0. The molecule has 0 radical (unpaired) electrons. The number of thioether (sulfide) groups is 1. The predicted molar refractivity (Wildman–Crippen MR) is 140 cm³/mol. The number of hydrogen-bond donors (Lipinski definition) is 4. The Hall–Kier alpha value is -1.07. The van der Waals surface area contributed by atoms with Crippen LogP contribution in [0.2, 0.25) is 0 Å². The highest BCUT2D eigenvalue weighted by Gasteiger charge is 2.67. The van der Waals surface area contributed by atoms with Gasteiger partial charge in [0.25, 0.3) is 23.6 Å². The normalized spacial score (nSPS) is 18.3. The molecule has 1 aliphatic heterocycles. The molecule has 11 heteroatoms. The molecule has 190 valence electrons. The highest BCUT2D eigenvalue weighted by Crippen LogP contribution is 2.65. The summed E-state index contributed by atoms with van der Waals surface area (Å²) < 4.78 is -3.51. The van der Waals surface area contributed by atoms with Crippen LogP contribution in [0.4, 0.5) is 0 Å². The van der Waals surface area contributed by atoms with Crippen LogP contribution in [0.15, 0.2) is 0 Å². The van der Waals surface area contributed by atoms with Crippen molar-refractivity contribution in [3.05, 3.63) is 0 Å². The molecular formula is C22H40N4O4S3. The molecule has 0 spiro atoms. The molecule has 0 aliphatic carbocycles. The van der Waals surface area contributed by atoms with E-state index in [1.807, 2.05) is 83.1 Å². The van der Waals surface area contributed by atoms with E-state index in [0.717, 1.165) is 33.3 Å². The minimum atomic E-state index is -1.75. The SMILES string of the molecule is CC(C)(C)NC(=O)C1(C(=O)NC(C)(C)C)SSC(C(=O)NC(C)(C)C)(C(=O)NC(C)(C)C)S1. The van der Waals surface area contributed by atoms with Gasteiger partial charge in [0.2, 0.25) is 8.16 Å². The molecule has 8 nitrogen and oxygen atoms in total. The smallest absolute Gasteiger partial charge is 0.257 e. The lowest BCUT2D eigenvalue weighted by Gasteiger charge is -2.35. The second-order valence-corrected chi connectivity index (χ2v) is 16.8. The molecule has 0 aromatic heterocycles. The largest absolute Gasteiger partial charge is 0.349 e. The summed E-state index contributed by atoms with van der Waals surface area (Å²) >= 11 is 0.779. The number of carbonyl (C=O) groups excluding carboxylic acids is 4. The summed E-state index contributed by atoms with van der Waals surface area (Å²) in [5, 5.41) is 11.5. The van der Waals surface area contributed by atoms with Crippen LogP contribution >= 0.6 is 33.3 Å². The zero-order valence-corrected chi connectivity index (χ0v) is 24.3. The molecule has 0 aromatic rings. The molecule has 1 aliphatic rings. The van der Waals surface area contributed by atoms with Gasteiger partial charge in [0.05, 0.1) is 0 Å². The molecule has 4 N–H and O–H groups in total. The van der Waals surface area contributed by atoms with E-state index in [4.69, 9.17) is 0 Å². The maximum absolute atomic E-state index is 13.5. The highest BCUT2D eigenvalue weighted by molar-refractivity contribution is 8.85. The van der Waals surface area contributed by atoms with E-state index >= 15 is 0 Å². The van der Waals surface area contributed by atoms with E-state index in [1.165, 1.54) is 0 Å². The fraction of sp³-hybridized carbons (Fsp3) is 0.818. The minimum Gasteiger partial charge on any atom is -0.349 e. The van der Waals surface area contributed by atoms with E-state index < -0.39 is 53.9 Å². The molecule has 1 rings (SSSR count). The Kier molecular flexibility index (Phi) is 8.65. The van der Waals surface area contributed by atoms with Crippen LogP contribution in [0.5, 0.6) is 0 Å². The van der Waals surface area contributed by atoms with Gasteiger partial charge in [-0.05, 0) is 83.1 Å². The van der Waals surface area contributed by atoms with Gasteiger partial charge in [-0.25, -0.2) is 0 Å². The molecule has 0 saturated carbocycles. The Morgan fingerprint density at radius 3 is 0.788 bits per heavy atom. The van der Waals surface area contributed by atoms with E-state index in [9.17, 15) is 19.2 Å². The van der Waals surface area contributed by atoms with Gasteiger partial charge in [0.15, 0.2) is 0 Å². The van der Waals surface area contributed by atoms with Crippen LogP contribution in [0.25, 0.3) is 0 Å². The summed E-state index contributed by atoms with van der Waals surface area (Å²) in [6.07, 6.45) is 0. The van der Waals surface area contributed by atoms with Gasteiger partial charge in [0.1, 0.15) is 0 Å². The summed E-state index contributed by atoms with van der Waals surface area (Å²) in [4.78, 5) is 54.1. The van der Waals surface area contributed by atoms with Crippen molar-refractivity contribution in [3.8, 4) is 0 Å². The Morgan fingerprint density at radius 1 is 0.455 bits per heavy atom. The molecule has 1 heterocycles. The zero-order chi connectivity index (χ0) is 26.3. The molecular weight excluding hydrogens is 480 g/mol. The molecule has 0 aromatic carbocycles. The van der Waals surface area contributed by atoms with Crippen molar-refractivity contribution in [1.29, 1.82) is 0 Å². The summed E-state index contributed by atoms with van der Waals surface area (Å²) in [6.45, 7) is 21.7. The van der Waals surface area contributed by atoms with Crippen molar-refractivity contribution in [2.24, 2.45) is 0 Å². The highest BCUT2D eigenvalue weighted by atomic mass is 33.1. The van der Waals surface area contributed by atoms with Gasteiger partial charge >= 0.3 is 0 Å². The second-order valence-electron chi connectivity index (χ2n) is 12.3. The first-order valence-electron chi connectivity index (χ1n) is 10.8. The molecule has 33 heavy (non-hydrogen) atoms. The van der Waals surface area contributed by atoms with Gasteiger partial charge in [-0.15, -0.1) is 0 Å². The first-order valence-corrected chi connectivity index (χ1v) is 13.8. The van der Waals surface area contributed by atoms with E-state index in [-0.39, 0.29) is 0 Å². The third-order valence-corrected chi connectivity index (χ3v) is 9.71. The topological polar surface area (TPSA) is 116 Å². The maximum atomic E-state index is 13.5. The van der Waals surface area contributed by atoms with Gasteiger partial charge in [-0.3, -0.25) is 19.2 Å². The van der Waals surface area contributed by atoms with Gasteiger partial charge in [0, 0.05) is 22.2 Å². The number of amides is 4. The Labute approximate surface area is 210 Å². The summed E-state index contributed by atoms with van der Waals surface area (Å²) in [7, 11) is 1.87.